The average molecular weight is 294 g/mol. The number of alkyl halides is 1. The summed E-state index contributed by atoms with van der Waals surface area (Å²) < 4.78 is 5.26. The van der Waals surface area contributed by atoms with Crippen LogP contribution in [0.4, 0.5) is 0 Å². The highest BCUT2D eigenvalue weighted by atomic mass is 79.9. The number of H-pyrrole nitrogens is 1. The minimum atomic E-state index is -0.0784. The molecule has 4 heteroatoms. The highest BCUT2D eigenvalue weighted by molar-refractivity contribution is 9.08. The minimum Gasteiger partial charge on any atom is -0.496 e. The third-order valence-electron chi connectivity index (χ3n) is 2.53. The molecule has 0 atom stereocenters. The van der Waals surface area contributed by atoms with E-state index in [1.54, 1.807) is 7.11 Å². The maximum atomic E-state index is 11.7. The van der Waals surface area contributed by atoms with Crippen LogP contribution in [0.25, 0.3) is 11.3 Å². The molecule has 2 rings (SSSR count). The number of aromatic amines is 1. The van der Waals surface area contributed by atoms with Crippen LogP contribution in [-0.4, -0.2) is 12.1 Å². The van der Waals surface area contributed by atoms with Gasteiger partial charge in [0.15, 0.2) is 0 Å². The van der Waals surface area contributed by atoms with Crippen molar-refractivity contribution in [1.82, 2.24) is 4.98 Å². The third kappa shape index (κ3) is 2.42. The van der Waals surface area contributed by atoms with Gasteiger partial charge in [0.1, 0.15) is 5.75 Å². The Morgan fingerprint density at radius 2 is 2.00 bits per heavy atom. The molecule has 0 aliphatic heterocycles. The lowest BCUT2D eigenvalue weighted by Gasteiger charge is -2.08. The molecule has 1 aromatic heterocycles. The van der Waals surface area contributed by atoms with Crippen LogP contribution in [0.3, 0.4) is 0 Å². The SMILES string of the molecule is COc1ccccc1-c1ccc(CBr)c(=O)[nH]1. The van der Waals surface area contributed by atoms with Gasteiger partial charge >= 0.3 is 0 Å². The molecule has 0 saturated carbocycles. The van der Waals surface area contributed by atoms with Gasteiger partial charge in [-0.3, -0.25) is 4.79 Å². The number of hydrogen-bond acceptors (Lipinski definition) is 2. The number of nitrogens with one attached hydrogen (secondary N) is 1. The molecule has 0 aliphatic carbocycles. The molecule has 88 valence electrons. The smallest absolute Gasteiger partial charge is 0.252 e. The first-order valence-electron chi connectivity index (χ1n) is 5.18. The van der Waals surface area contributed by atoms with Crippen molar-refractivity contribution in [2.75, 3.05) is 7.11 Å². The van der Waals surface area contributed by atoms with Crippen LogP contribution in [0.1, 0.15) is 5.56 Å². The number of benzene rings is 1. The van der Waals surface area contributed by atoms with Gasteiger partial charge < -0.3 is 9.72 Å². The molecule has 1 N–H and O–H groups in total. The first-order valence-corrected chi connectivity index (χ1v) is 6.30. The van der Waals surface area contributed by atoms with Gasteiger partial charge in [-0.05, 0) is 18.2 Å². The maximum Gasteiger partial charge on any atom is 0.252 e. The van der Waals surface area contributed by atoms with Crippen LogP contribution < -0.4 is 10.3 Å². The molecule has 17 heavy (non-hydrogen) atoms. The van der Waals surface area contributed by atoms with Crippen LogP contribution in [-0.2, 0) is 5.33 Å². The Hall–Kier alpha value is -1.55. The Balaban J connectivity index is 2.53. The Kier molecular flexibility index (Phi) is 3.64. The van der Waals surface area contributed by atoms with E-state index in [1.807, 2.05) is 36.4 Å². The summed E-state index contributed by atoms with van der Waals surface area (Å²) in [5, 5.41) is 0.550. The lowest BCUT2D eigenvalue weighted by molar-refractivity contribution is 0.416. The summed E-state index contributed by atoms with van der Waals surface area (Å²) in [7, 11) is 1.61. The van der Waals surface area contributed by atoms with Gasteiger partial charge in [0.25, 0.3) is 5.56 Å². The predicted molar refractivity (Wildman–Crippen MR) is 71.7 cm³/mol. The normalized spacial score (nSPS) is 10.2. The van der Waals surface area contributed by atoms with Crippen LogP contribution >= 0.6 is 15.9 Å². The fourth-order valence-electron chi connectivity index (χ4n) is 1.63. The number of ether oxygens (including phenoxy) is 1. The predicted octanol–water partition coefficient (Wildman–Crippen LogP) is 2.95. The molecular weight excluding hydrogens is 282 g/mol. The van der Waals surface area contributed by atoms with Crippen LogP contribution in [0.2, 0.25) is 0 Å². The van der Waals surface area contributed by atoms with E-state index in [-0.39, 0.29) is 5.56 Å². The first kappa shape index (κ1) is 11.9. The van der Waals surface area contributed by atoms with E-state index in [1.165, 1.54) is 0 Å². The molecule has 0 amide bonds. The number of rotatable bonds is 3. The van der Waals surface area contributed by atoms with Crippen molar-refractivity contribution >= 4 is 15.9 Å². The van der Waals surface area contributed by atoms with Crippen molar-refractivity contribution in [2.45, 2.75) is 5.33 Å². The van der Waals surface area contributed by atoms with E-state index in [0.29, 0.717) is 10.9 Å². The second kappa shape index (κ2) is 5.19. The molecule has 0 aliphatic rings. The molecule has 0 unspecified atom stereocenters. The number of pyridine rings is 1. The second-order valence-electron chi connectivity index (χ2n) is 3.56. The number of aromatic nitrogens is 1. The summed E-state index contributed by atoms with van der Waals surface area (Å²) in [5.74, 6) is 0.745. The number of para-hydroxylation sites is 1. The highest BCUT2D eigenvalue weighted by Crippen LogP contribution is 2.27. The minimum absolute atomic E-state index is 0.0784. The Labute approximate surface area is 108 Å². The number of halogens is 1. The van der Waals surface area contributed by atoms with Crippen molar-refractivity contribution in [2.24, 2.45) is 0 Å². The topological polar surface area (TPSA) is 42.1 Å². The number of hydrogen-bond donors (Lipinski definition) is 1. The van der Waals surface area contributed by atoms with E-state index in [0.717, 1.165) is 17.0 Å². The largest absolute Gasteiger partial charge is 0.496 e. The van der Waals surface area contributed by atoms with Crippen LogP contribution in [0, 0.1) is 0 Å². The molecule has 0 spiro atoms. The Bertz CT molecular complexity index is 578. The molecule has 0 saturated heterocycles. The fourth-order valence-corrected chi connectivity index (χ4v) is 2.07. The van der Waals surface area contributed by atoms with Gasteiger partial charge in [0.05, 0.1) is 12.8 Å². The fraction of sp³-hybridized carbons (Fsp3) is 0.154. The molecule has 0 fully saturated rings. The van der Waals surface area contributed by atoms with E-state index in [9.17, 15) is 4.79 Å². The van der Waals surface area contributed by atoms with Crippen molar-refractivity contribution < 1.29 is 4.74 Å². The van der Waals surface area contributed by atoms with Gasteiger partial charge in [-0.15, -0.1) is 0 Å². The van der Waals surface area contributed by atoms with Gasteiger partial charge in [0, 0.05) is 16.5 Å². The lowest BCUT2D eigenvalue weighted by atomic mass is 10.1. The summed E-state index contributed by atoms with van der Waals surface area (Å²) in [5.41, 5.74) is 2.28. The molecule has 0 radical (unpaired) electrons. The van der Waals surface area contributed by atoms with Gasteiger partial charge in [-0.25, -0.2) is 0 Å². The molecular formula is C13H12BrNO2. The summed E-state index contributed by atoms with van der Waals surface area (Å²) in [6.07, 6.45) is 0. The van der Waals surface area contributed by atoms with Crippen molar-refractivity contribution in [1.29, 1.82) is 0 Å². The highest BCUT2D eigenvalue weighted by Gasteiger charge is 2.06. The lowest BCUT2D eigenvalue weighted by Crippen LogP contribution is -2.11. The van der Waals surface area contributed by atoms with E-state index >= 15 is 0 Å². The van der Waals surface area contributed by atoms with E-state index in [4.69, 9.17) is 4.74 Å². The van der Waals surface area contributed by atoms with Crippen molar-refractivity contribution in [3.63, 3.8) is 0 Å². The molecule has 0 bridgehead atoms. The first-order chi connectivity index (χ1) is 8.26. The Morgan fingerprint density at radius 3 is 2.65 bits per heavy atom. The molecule has 3 nitrogen and oxygen atoms in total. The quantitative estimate of drug-likeness (QED) is 0.884. The number of methoxy groups -OCH3 is 1. The summed E-state index contributed by atoms with van der Waals surface area (Å²) >= 11 is 3.27. The second-order valence-corrected chi connectivity index (χ2v) is 4.12. The van der Waals surface area contributed by atoms with E-state index < -0.39 is 0 Å². The maximum absolute atomic E-state index is 11.7. The van der Waals surface area contributed by atoms with Crippen molar-refractivity contribution in [3.8, 4) is 17.0 Å². The molecule has 1 heterocycles. The third-order valence-corrected chi connectivity index (χ3v) is 3.14. The van der Waals surface area contributed by atoms with E-state index in [2.05, 4.69) is 20.9 Å². The van der Waals surface area contributed by atoms with Crippen LogP contribution in [0.15, 0.2) is 41.2 Å². The standard InChI is InChI=1S/C13H12BrNO2/c1-17-12-5-3-2-4-10(12)11-7-6-9(8-14)13(16)15-11/h2-7H,8H2,1H3,(H,15,16). The summed E-state index contributed by atoms with van der Waals surface area (Å²) in [6, 6.07) is 11.3. The zero-order valence-electron chi connectivity index (χ0n) is 9.37. The van der Waals surface area contributed by atoms with Gasteiger partial charge in [-0.2, -0.15) is 0 Å². The summed E-state index contributed by atoms with van der Waals surface area (Å²) in [4.78, 5) is 14.6. The van der Waals surface area contributed by atoms with Gasteiger partial charge in [0.2, 0.25) is 0 Å². The van der Waals surface area contributed by atoms with Crippen molar-refractivity contribution in [3.05, 3.63) is 52.3 Å². The zero-order valence-corrected chi connectivity index (χ0v) is 11.0. The zero-order chi connectivity index (χ0) is 12.3. The average Bonchev–Trinajstić information content (AvgIpc) is 2.38. The molecule has 1 aromatic carbocycles. The monoisotopic (exact) mass is 293 g/mol. The Morgan fingerprint density at radius 1 is 1.24 bits per heavy atom. The van der Waals surface area contributed by atoms with Gasteiger partial charge in [-0.1, -0.05) is 34.1 Å². The molecule has 2 aromatic rings. The van der Waals surface area contributed by atoms with Crippen LogP contribution in [0.5, 0.6) is 5.75 Å². The summed E-state index contributed by atoms with van der Waals surface area (Å²) in [6.45, 7) is 0.